The summed E-state index contributed by atoms with van der Waals surface area (Å²) in [4.78, 5) is 4.52. The molecule has 0 amide bonds. The molecule has 104 valence electrons. The number of ether oxygens (including phenoxy) is 1. The summed E-state index contributed by atoms with van der Waals surface area (Å²) < 4.78 is 5.31. The van der Waals surface area contributed by atoms with Gasteiger partial charge < -0.3 is 10.5 Å². The van der Waals surface area contributed by atoms with E-state index in [1.165, 1.54) is 0 Å². The summed E-state index contributed by atoms with van der Waals surface area (Å²) in [7, 11) is 1.63. The van der Waals surface area contributed by atoms with Crippen molar-refractivity contribution in [1.29, 1.82) is 0 Å². The van der Waals surface area contributed by atoms with Gasteiger partial charge in [-0.05, 0) is 22.9 Å². The maximum Gasteiger partial charge on any atom is 0.144 e. The third kappa shape index (κ3) is 2.58. The Kier molecular flexibility index (Phi) is 3.56. The standard InChI is InChI=1S/C18H16N2O/c1-21-17-12-5-4-11-16(17)20-18(19)15-10-6-8-13-7-2-3-9-14(13)15/h2-12H,1H3,(H2,19,20). The lowest BCUT2D eigenvalue weighted by Gasteiger charge is -2.08. The molecule has 3 nitrogen and oxygen atoms in total. The average molecular weight is 276 g/mol. The van der Waals surface area contributed by atoms with Crippen molar-refractivity contribution >= 4 is 22.3 Å². The molecule has 3 aromatic rings. The van der Waals surface area contributed by atoms with Gasteiger partial charge in [0, 0.05) is 5.56 Å². The Morgan fingerprint density at radius 1 is 0.905 bits per heavy atom. The van der Waals surface area contributed by atoms with Crippen LogP contribution in [0.3, 0.4) is 0 Å². The van der Waals surface area contributed by atoms with Crippen molar-refractivity contribution in [2.24, 2.45) is 10.7 Å². The van der Waals surface area contributed by atoms with Gasteiger partial charge in [0.25, 0.3) is 0 Å². The largest absolute Gasteiger partial charge is 0.494 e. The summed E-state index contributed by atoms with van der Waals surface area (Å²) in [5, 5.41) is 2.24. The minimum atomic E-state index is 0.483. The van der Waals surface area contributed by atoms with E-state index in [-0.39, 0.29) is 0 Å². The first-order valence-electron chi connectivity index (χ1n) is 6.75. The van der Waals surface area contributed by atoms with Gasteiger partial charge in [0.15, 0.2) is 0 Å². The van der Waals surface area contributed by atoms with Gasteiger partial charge in [-0.25, -0.2) is 4.99 Å². The van der Waals surface area contributed by atoms with Gasteiger partial charge in [0.2, 0.25) is 0 Å². The molecule has 0 saturated carbocycles. The van der Waals surface area contributed by atoms with Crippen LogP contribution in [0.2, 0.25) is 0 Å². The molecule has 0 aliphatic rings. The molecule has 0 aliphatic carbocycles. The van der Waals surface area contributed by atoms with Gasteiger partial charge in [-0.3, -0.25) is 0 Å². The molecular weight excluding hydrogens is 260 g/mol. The summed E-state index contributed by atoms with van der Waals surface area (Å²) >= 11 is 0. The molecule has 21 heavy (non-hydrogen) atoms. The van der Waals surface area contributed by atoms with E-state index in [2.05, 4.69) is 23.2 Å². The highest BCUT2D eigenvalue weighted by Gasteiger charge is 2.06. The van der Waals surface area contributed by atoms with Gasteiger partial charge in [-0.1, -0.05) is 54.6 Å². The minimum Gasteiger partial charge on any atom is -0.494 e. The van der Waals surface area contributed by atoms with E-state index in [1.54, 1.807) is 7.11 Å². The molecule has 3 heteroatoms. The fourth-order valence-electron chi connectivity index (χ4n) is 2.36. The maximum absolute atomic E-state index is 6.21. The zero-order valence-electron chi connectivity index (χ0n) is 11.8. The number of hydrogen-bond acceptors (Lipinski definition) is 2. The highest BCUT2D eigenvalue weighted by atomic mass is 16.5. The monoisotopic (exact) mass is 276 g/mol. The third-order valence-corrected chi connectivity index (χ3v) is 3.39. The topological polar surface area (TPSA) is 47.6 Å². The predicted molar refractivity (Wildman–Crippen MR) is 87.3 cm³/mol. The molecule has 3 aromatic carbocycles. The van der Waals surface area contributed by atoms with Crippen LogP contribution in [0.4, 0.5) is 5.69 Å². The van der Waals surface area contributed by atoms with Crippen molar-refractivity contribution in [2.45, 2.75) is 0 Å². The van der Waals surface area contributed by atoms with Crippen LogP contribution in [0, 0.1) is 0 Å². The number of amidine groups is 1. The van der Waals surface area contributed by atoms with Crippen LogP contribution in [-0.2, 0) is 0 Å². The number of hydrogen-bond donors (Lipinski definition) is 1. The Balaban J connectivity index is 2.12. The van der Waals surface area contributed by atoms with Crippen molar-refractivity contribution in [1.82, 2.24) is 0 Å². The predicted octanol–water partition coefficient (Wildman–Crippen LogP) is 3.89. The number of fused-ring (bicyclic) bond motifs is 1. The van der Waals surface area contributed by atoms with E-state index in [9.17, 15) is 0 Å². The molecule has 0 heterocycles. The molecule has 0 saturated heterocycles. The highest BCUT2D eigenvalue weighted by molar-refractivity contribution is 6.09. The van der Waals surface area contributed by atoms with E-state index in [0.29, 0.717) is 11.6 Å². The van der Waals surface area contributed by atoms with Gasteiger partial charge >= 0.3 is 0 Å². The van der Waals surface area contributed by atoms with Crippen LogP contribution in [0.15, 0.2) is 71.7 Å². The third-order valence-electron chi connectivity index (χ3n) is 3.39. The van der Waals surface area contributed by atoms with E-state index < -0.39 is 0 Å². The van der Waals surface area contributed by atoms with E-state index in [1.807, 2.05) is 48.5 Å². The number of benzene rings is 3. The van der Waals surface area contributed by atoms with Crippen LogP contribution in [-0.4, -0.2) is 12.9 Å². The van der Waals surface area contributed by atoms with Crippen molar-refractivity contribution < 1.29 is 4.74 Å². The molecule has 2 N–H and O–H groups in total. The molecule has 0 unspecified atom stereocenters. The number of rotatable bonds is 3. The molecule has 0 bridgehead atoms. The lowest BCUT2D eigenvalue weighted by atomic mass is 10.0. The van der Waals surface area contributed by atoms with Gasteiger partial charge in [0.05, 0.1) is 7.11 Å². The van der Waals surface area contributed by atoms with Crippen molar-refractivity contribution in [3.63, 3.8) is 0 Å². The zero-order chi connectivity index (χ0) is 14.7. The fraction of sp³-hybridized carbons (Fsp3) is 0.0556. The molecule has 0 spiro atoms. The molecule has 0 aliphatic heterocycles. The Morgan fingerprint density at radius 2 is 1.62 bits per heavy atom. The first-order valence-corrected chi connectivity index (χ1v) is 6.75. The first-order chi connectivity index (χ1) is 10.3. The minimum absolute atomic E-state index is 0.483. The van der Waals surface area contributed by atoms with Gasteiger partial charge in [-0.2, -0.15) is 0 Å². The second kappa shape index (κ2) is 5.67. The number of nitrogens with two attached hydrogens (primary N) is 1. The Bertz CT molecular complexity index is 804. The molecule has 0 aromatic heterocycles. The molecule has 0 atom stereocenters. The summed E-state index contributed by atoms with van der Waals surface area (Å²) in [5.41, 5.74) is 7.87. The molecule has 0 fully saturated rings. The molecular formula is C18H16N2O. The van der Waals surface area contributed by atoms with Crippen LogP contribution < -0.4 is 10.5 Å². The van der Waals surface area contributed by atoms with Crippen molar-refractivity contribution in [3.8, 4) is 5.75 Å². The Hall–Kier alpha value is -2.81. The lowest BCUT2D eigenvalue weighted by Crippen LogP contribution is -2.13. The SMILES string of the molecule is COc1ccccc1N=C(N)c1cccc2ccccc12. The normalized spacial score (nSPS) is 11.6. The molecule has 3 rings (SSSR count). The van der Waals surface area contributed by atoms with Crippen molar-refractivity contribution in [3.05, 3.63) is 72.3 Å². The highest BCUT2D eigenvalue weighted by Crippen LogP contribution is 2.27. The second-order valence-electron chi connectivity index (χ2n) is 4.70. The van der Waals surface area contributed by atoms with E-state index >= 15 is 0 Å². The lowest BCUT2D eigenvalue weighted by molar-refractivity contribution is 0.416. The zero-order valence-corrected chi connectivity index (χ0v) is 11.8. The van der Waals surface area contributed by atoms with Crippen LogP contribution in [0.25, 0.3) is 10.8 Å². The maximum atomic E-state index is 6.21. The van der Waals surface area contributed by atoms with E-state index in [4.69, 9.17) is 10.5 Å². The smallest absolute Gasteiger partial charge is 0.144 e. The summed E-state index contributed by atoms with van der Waals surface area (Å²) in [6.45, 7) is 0. The van der Waals surface area contributed by atoms with Gasteiger partial charge in [-0.15, -0.1) is 0 Å². The summed E-state index contributed by atoms with van der Waals surface area (Å²) in [6, 6.07) is 21.7. The number of methoxy groups -OCH3 is 1. The summed E-state index contributed by atoms with van der Waals surface area (Å²) in [6.07, 6.45) is 0. The van der Waals surface area contributed by atoms with Crippen LogP contribution >= 0.6 is 0 Å². The summed E-state index contributed by atoms with van der Waals surface area (Å²) in [5.74, 6) is 1.19. The molecule has 0 radical (unpaired) electrons. The number of para-hydroxylation sites is 2. The Morgan fingerprint density at radius 3 is 2.48 bits per heavy atom. The van der Waals surface area contributed by atoms with E-state index in [0.717, 1.165) is 22.0 Å². The van der Waals surface area contributed by atoms with Gasteiger partial charge in [0.1, 0.15) is 17.3 Å². The van der Waals surface area contributed by atoms with Crippen LogP contribution in [0.1, 0.15) is 5.56 Å². The second-order valence-corrected chi connectivity index (χ2v) is 4.70. The fourth-order valence-corrected chi connectivity index (χ4v) is 2.36. The first kappa shape index (κ1) is 13.2. The van der Waals surface area contributed by atoms with Crippen molar-refractivity contribution in [2.75, 3.05) is 7.11 Å². The quantitative estimate of drug-likeness (QED) is 0.583. The number of aliphatic imine (C=N–C) groups is 1. The number of nitrogens with zero attached hydrogens (tertiary/aromatic N) is 1. The average Bonchev–Trinajstić information content (AvgIpc) is 2.54. The van der Waals surface area contributed by atoms with Crippen LogP contribution in [0.5, 0.6) is 5.75 Å². The Labute approximate surface area is 123 Å².